The number of benzene rings is 1. The van der Waals surface area contributed by atoms with E-state index in [0.717, 1.165) is 35.4 Å². The van der Waals surface area contributed by atoms with Crippen LogP contribution in [0.3, 0.4) is 0 Å². The van der Waals surface area contributed by atoms with E-state index in [2.05, 4.69) is 10.5 Å². The minimum atomic E-state index is -0.481. The summed E-state index contributed by atoms with van der Waals surface area (Å²) >= 11 is 0. The van der Waals surface area contributed by atoms with Crippen LogP contribution >= 0.6 is 0 Å². The van der Waals surface area contributed by atoms with E-state index < -0.39 is 17.7 Å². The van der Waals surface area contributed by atoms with E-state index in [1.807, 2.05) is 0 Å². The van der Waals surface area contributed by atoms with Crippen LogP contribution in [0.15, 0.2) is 28.8 Å². The number of carbonyl (C=O) groups is 3. The number of fused-ring (bicyclic) bond motifs is 2. The summed E-state index contributed by atoms with van der Waals surface area (Å²) < 4.78 is 5.12. The average Bonchev–Trinajstić information content (AvgIpc) is 3.21. The number of hydrogen-bond acceptors (Lipinski definition) is 5. The fraction of sp³-hybridized carbons (Fsp3) is 0.250. The number of imide groups is 1. The first-order valence-corrected chi connectivity index (χ1v) is 7.37. The number of aryl methyl sites for hydroxylation is 1. The maximum atomic E-state index is 12.2. The van der Waals surface area contributed by atoms with Gasteiger partial charge >= 0.3 is 0 Å². The first-order valence-electron chi connectivity index (χ1n) is 7.37. The Bertz CT molecular complexity index is 805. The van der Waals surface area contributed by atoms with E-state index in [0.29, 0.717) is 17.0 Å². The van der Waals surface area contributed by atoms with Crippen molar-refractivity contribution in [1.29, 1.82) is 0 Å². The lowest BCUT2D eigenvalue weighted by Crippen LogP contribution is -2.37. The van der Waals surface area contributed by atoms with Crippen molar-refractivity contribution >= 4 is 23.6 Å². The molecule has 23 heavy (non-hydrogen) atoms. The van der Waals surface area contributed by atoms with E-state index in [1.165, 1.54) is 0 Å². The quantitative estimate of drug-likeness (QED) is 0.865. The van der Waals surface area contributed by atoms with Gasteiger partial charge in [0.15, 0.2) is 0 Å². The zero-order valence-corrected chi connectivity index (χ0v) is 12.2. The number of rotatable bonds is 3. The van der Waals surface area contributed by atoms with Gasteiger partial charge in [0.25, 0.3) is 11.8 Å². The maximum absolute atomic E-state index is 12.2. The van der Waals surface area contributed by atoms with Crippen molar-refractivity contribution in [2.75, 3.05) is 11.9 Å². The van der Waals surface area contributed by atoms with Crippen LogP contribution in [-0.2, 0) is 17.6 Å². The molecular formula is C16H13N3O4. The molecule has 1 aromatic heterocycles. The van der Waals surface area contributed by atoms with Crippen molar-refractivity contribution in [2.24, 2.45) is 0 Å². The van der Waals surface area contributed by atoms with Crippen molar-refractivity contribution < 1.29 is 18.9 Å². The highest BCUT2D eigenvalue weighted by atomic mass is 16.5. The number of nitrogens with zero attached hydrogens (tertiary/aromatic N) is 2. The molecule has 7 heteroatoms. The molecule has 0 atom stereocenters. The van der Waals surface area contributed by atoms with Crippen LogP contribution in [0.5, 0.6) is 0 Å². The molecule has 3 amide bonds. The number of aromatic nitrogens is 1. The normalized spacial score (nSPS) is 15.7. The highest BCUT2D eigenvalue weighted by molar-refractivity contribution is 6.22. The van der Waals surface area contributed by atoms with Crippen molar-refractivity contribution in [3.05, 3.63) is 46.6 Å². The highest BCUT2D eigenvalue weighted by Gasteiger charge is 2.36. The molecule has 0 radical (unpaired) electrons. The summed E-state index contributed by atoms with van der Waals surface area (Å²) in [5.41, 5.74) is 2.42. The zero-order valence-electron chi connectivity index (χ0n) is 12.2. The molecule has 0 spiro atoms. The van der Waals surface area contributed by atoms with Gasteiger partial charge < -0.3 is 4.52 Å². The van der Waals surface area contributed by atoms with Gasteiger partial charge in [-0.2, -0.15) is 0 Å². The summed E-state index contributed by atoms with van der Waals surface area (Å²) in [4.78, 5) is 37.5. The molecule has 0 unspecified atom stereocenters. The number of nitrogens with one attached hydrogen (secondary N) is 1. The third-order valence-electron chi connectivity index (χ3n) is 4.14. The SMILES string of the molecule is O=C(CN1C(=O)c2ccccc2C1=O)Nc1onc2c1CCC2. The minimum absolute atomic E-state index is 0.319. The van der Waals surface area contributed by atoms with Crippen LogP contribution in [0.1, 0.15) is 38.4 Å². The van der Waals surface area contributed by atoms with Crippen LogP contribution in [0.25, 0.3) is 0 Å². The number of hydrogen-bond donors (Lipinski definition) is 1. The number of carbonyl (C=O) groups excluding carboxylic acids is 3. The second kappa shape index (κ2) is 5.05. The molecular weight excluding hydrogens is 298 g/mol. The Morgan fingerprint density at radius 2 is 1.87 bits per heavy atom. The van der Waals surface area contributed by atoms with Gasteiger partial charge in [-0.25, -0.2) is 0 Å². The first kappa shape index (κ1) is 13.7. The predicted molar refractivity (Wildman–Crippen MR) is 79.0 cm³/mol. The topological polar surface area (TPSA) is 92.5 Å². The summed E-state index contributed by atoms with van der Waals surface area (Å²) in [5, 5.41) is 6.51. The number of anilines is 1. The molecule has 1 aliphatic carbocycles. The first-order chi connectivity index (χ1) is 11.1. The smallest absolute Gasteiger partial charge is 0.262 e. The Morgan fingerprint density at radius 3 is 2.57 bits per heavy atom. The Balaban J connectivity index is 1.49. The van der Waals surface area contributed by atoms with Crippen molar-refractivity contribution in [3.8, 4) is 0 Å². The molecule has 0 bridgehead atoms. The minimum Gasteiger partial charge on any atom is -0.338 e. The van der Waals surface area contributed by atoms with Crippen LogP contribution < -0.4 is 5.32 Å². The summed E-state index contributed by atoms with van der Waals surface area (Å²) in [5.74, 6) is -1.07. The predicted octanol–water partition coefficient (Wildman–Crippen LogP) is 1.40. The van der Waals surface area contributed by atoms with E-state index in [9.17, 15) is 14.4 Å². The van der Waals surface area contributed by atoms with Crippen molar-refractivity contribution in [2.45, 2.75) is 19.3 Å². The molecule has 116 valence electrons. The molecule has 7 nitrogen and oxygen atoms in total. The molecule has 0 saturated carbocycles. The van der Waals surface area contributed by atoms with E-state index >= 15 is 0 Å². The summed E-state index contributed by atoms with van der Waals surface area (Å²) in [6.45, 7) is -0.345. The second-order valence-electron chi connectivity index (χ2n) is 5.58. The van der Waals surface area contributed by atoms with Gasteiger partial charge in [0.2, 0.25) is 11.8 Å². The molecule has 2 aliphatic rings. The zero-order chi connectivity index (χ0) is 16.0. The molecule has 1 aromatic carbocycles. The molecule has 0 fully saturated rings. The average molecular weight is 311 g/mol. The number of amides is 3. The fourth-order valence-electron chi connectivity index (χ4n) is 3.02. The monoisotopic (exact) mass is 311 g/mol. The molecule has 2 aromatic rings. The van der Waals surface area contributed by atoms with Crippen LogP contribution in [-0.4, -0.2) is 34.3 Å². The fourth-order valence-corrected chi connectivity index (χ4v) is 3.02. The van der Waals surface area contributed by atoms with Gasteiger partial charge in [0.05, 0.1) is 16.8 Å². The van der Waals surface area contributed by atoms with Gasteiger partial charge in [-0.1, -0.05) is 17.3 Å². The van der Waals surface area contributed by atoms with E-state index in [4.69, 9.17) is 4.52 Å². The summed E-state index contributed by atoms with van der Waals surface area (Å²) in [6, 6.07) is 6.53. The Labute approximate surface area is 131 Å². The third kappa shape index (κ3) is 2.12. The molecule has 1 N–H and O–H groups in total. The second-order valence-corrected chi connectivity index (χ2v) is 5.58. The Morgan fingerprint density at radius 1 is 1.17 bits per heavy atom. The van der Waals surface area contributed by atoms with Crippen LogP contribution in [0.4, 0.5) is 5.88 Å². The van der Waals surface area contributed by atoms with Gasteiger partial charge in [-0.05, 0) is 31.4 Å². The lowest BCUT2D eigenvalue weighted by Gasteiger charge is -2.12. The van der Waals surface area contributed by atoms with Crippen molar-refractivity contribution in [3.63, 3.8) is 0 Å². The molecule has 2 heterocycles. The highest BCUT2D eigenvalue weighted by Crippen LogP contribution is 2.28. The van der Waals surface area contributed by atoms with Gasteiger partial charge in [0.1, 0.15) is 6.54 Å². The summed E-state index contributed by atoms with van der Waals surface area (Å²) in [6.07, 6.45) is 2.63. The lowest BCUT2D eigenvalue weighted by atomic mass is 10.1. The standard InChI is InChI=1S/C16H13N3O4/c20-13(17-14-11-6-3-7-12(11)18-23-14)8-19-15(21)9-4-1-2-5-10(9)16(19)22/h1-2,4-5H,3,6-8H2,(H,17,20). The summed E-state index contributed by atoms with van der Waals surface area (Å²) in [7, 11) is 0. The maximum Gasteiger partial charge on any atom is 0.262 e. The van der Waals surface area contributed by atoms with Crippen molar-refractivity contribution in [1.82, 2.24) is 10.1 Å². The van der Waals surface area contributed by atoms with Gasteiger partial charge in [-0.3, -0.25) is 24.6 Å². The van der Waals surface area contributed by atoms with E-state index in [1.54, 1.807) is 24.3 Å². The molecule has 0 saturated heterocycles. The van der Waals surface area contributed by atoms with E-state index in [-0.39, 0.29) is 6.54 Å². The molecule has 4 rings (SSSR count). The van der Waals surface area contributed by atoms with Crippen LogP contribution in [0, 0.1) is 0 Å². The lowest BCUT2D eigenvalue weighted by molar-refractivity contribution is -0.116. The van der Waals surface area contributed by atoms with Gasteiger partial charge in [0, 0.05) is 5.56 Å². The van der Waals surface area contributed by atoms with Gasteiger partial charge in [-0.15, -0.1) is 0 Å². The largest absolute Gasteiger partial charge is 0.338 e. The third-order valence-corrected chi connectivity index (χ3v) is 4.14. The van der Waals surface area contributed by atoms with Crippen LogP contribution in [0.2, 0.25) is 0 Å². The Hall–Kier alpha value is -2.96. The molecule has 1 aliphatic heterocycles. The Kier molecular flexibility index (Phi) is 3.00.